The zero-order chi connectivity index (χ0) is 26.7. The second-order valence-corrected chi connectivity index (χ2v) is 10.8. The first-order chi connectivity index (χ1) is 18.1. The van der Waals surface area contributed by atoms with Crippen LogP contribution in [0.25, 0.3) is 5.65 Å². The lowest BCUT2D eigenvalue weighted by Crippen LogP contribution is -2.52. The molecule has 0 aromatic carbocycles. The number of anilines is 2. The first kappa shape index (κ1) is 24.9. The van der Waals surface area contributed by atoms with Gasteiger partial charge in [0, 0.05) is 55.2 Å². The Labute approximate surface area is 215 Å². The number of hydrogen-bond acceptors (Lipinski definition) is 7. The van der Waals surface area contributed by atoms with Gasteiger partial charge in [0.15, 0.2) is 5.82 Å². The van der Waals surface area contributed by atoms with Crippen LogP contribution in [-0.2, 0) is 11.3 Å². The van der Waals surface area contributed by atoms with Crippen LogP contribution in [0.5, 0.6) is 0 Å². The number of imidazole rings is 1. The van der Waals surface area contributed by atoms with Gasteiger partial charge in [0.1, 0.15) is 17.9 Å². The van der Waals surface area contributed by atoms with Gasteiger partial charge in [0.2, 0.25) is 5.95 Å². The average molecular weight is 537 g/mol. The van der Waals surface area contributed by atoms with E-state index in [4.69, 9.17) is 4.74 Å². The van der Waals surface area contributed by atoms with Crippen LogP contribution in [0.15, 0.2) is 24.5 Å². The number of carbonyl (C=O) groups is 1. The summed E-state index contributed by atoms with van der Waals surface area (Å²) in [7, 11) is 0. The van der Waals surface area contributed by atoms with Crippen LogP contribution >= 0.6 is 0 Å². The number of H-pyrrole nitrogens is 1. The summed E-state index contributed by atoms with van der Waals surface area (Å²) < 4.78 is 60.5. The molecule has 2 saturated carbocycles. The molecule has 2 aliphatic carbocycles. The molecule has 38 heavy (non-hydrogen) atoms. The number of ether oxygens (including phenoxy) is 1. The van der Waals surface area contributed by atoms with Crippen LogP contribution in [0, 0.1) is 5.92 Å². The molecule has 4 heterocycles. The van der Waals surface area contributed by atoms with Crippen LogP contribution in [0.4, 0.5) is 34.1 Å². The molecular formula is C24H28F4N8O2. The maximum Gasteiger partial charge on any atom is 0.407 e. The fourth-order valence-electron chi connectivity index (χ4n) is 5.08. The Hall–Kier alpha value is -3.42. The number of aromatic amines is 1. The third-order valence-electron chi connectivity index (χ3n) is 7.64. The molecule has 3 aromatic rings. The second-order valence-electron chi connectivity index (χ2n) is 10.8. The smallest absolute Gasteiger partial charge is 0.407 e. The molecule has 14 heteroatoms. The summed E-state index contributed by atoms with van der Waals surface area (Å²) in [6, 6.07) is 3.39. The van der Waals surface area contributed by atoms with Gasteiger partial charge in [-0.05, 0) is 38.7 Å². The summed E-state index contributed by atoms with van der Waals surface area (Å²) >= 11 is 0. The summed E-state index contributed by atoms with van der Waals surface area (Å²) in [6.07, 6.45) is -0.951. The third kappa shape index (κ3) is 5.00. The van der Waals surface area contributed by atoms with Crippen molar-refractivity contribution >= 4 is 23.5 Å². The SMILES string of the molecule is CC1(NC(=O)O[C@@H]2CC[C@H](c3cc(Nc4nccc5nc(CN6CC(C(F)(F)F)C6)cn45)n[nH]3)[C@@H]2F)CC1. The molecule has 1 aliphatic heterocycles. The molecule has 6 rings (SSSR count). The molecule has 10 nitrogen and oxygen atoms in total. The highest BCUT2D eigenvalue weighted by Crippen LogP contribution is 2.39. The number of likely N-dealkylation sites (tertiary alicyclic amines) is 1. The van der Waals surface area contributed by atoms with E-state index in [2.05, 4.69) is 30.8 Å². The average Bonchev–Trinajstić information content (AvgIpc) is 3.17. The van der Waals surface area contributed by atoms with E-state index < -0.39 is 36.4 Å². The second kappa shape index (κ2) is 9.10. The van der Waals surface area contributed by atoms with E-state index in [0.29, 0.717) is 48.2 Å². The molecule has 0 unspecified atom stereocenters. The van der Waals surface area contributed by atoms with E-state index in [1.54, 1.807) is 33.8 Å². The first-order valence-electron chi connectivity index (χ1n) is 12.6. The van der Waals surface area contributed by atoms with Crippen molar-refractivity contribution in [1.82, 2.24) is 34.8 Å². The number of fused-ring (bicyclic) bond motifs is 1. The van der Waals surface area contributed by atoms with E-state index in [-0.39, 0.29) is 18.6 Å². The van der Waals surface area contributed by atoms with Gasteiger partial charge in [-0.15, -0.1) is 0 Å². The largest absolute Gasteiger partial charge is 0.443 e. The van der Waals surface area contributed by atoms with E-state index >= 15 is 4.39 Å². The third-order valence-corrected chi connectivity index (χ3v) is 7.64. The van der Waals surface area contributed by atoms with E-state index in [0.717, 1.165) is 12.8 Å². The molecule has 3 N–H and O–H groups in total. The summed E-state index contributed by atoms with van der Waals surface area (Å²) in [6.45, 7) is 2.16. The van der Waals surface area contributed by atoms with Gasteiger partial charge in [0.25, 0.3) is 0 Å². The van der Waals surface area contributed by atoms with E-state index in [9.17, 15) is 18.0 Å². The number of alkyl carbamates (subject to hydrolysis) is 1. The Morgan fingerprint density at radius 3 is 2.82 bits per heavy atom. The lowest BCUT2D eigenvalue weighted by molar-refractivity contribution is -0.210. The number of alkyl halides is 4. The van der Waals surface area contributed by atoms with Gasteiger partial charge in [-0.3, -0.25) is 14.4 Å². The fraction of sp³-hybridized carbons (Fsp3) is 0.583. The number of carbonyl (C=O) groups excluding carboxylic acids is 1. The maximum absolute atomic E-state index is 15.2. The number of halogens is 4. The number of nitrogens with zero attached hydrogens (tertiary/aromatic N) is 5. The van der Waals surface area contributed by atoms with Gasteiger partial charge in [-0.2, -0.15) is 18.3 Å². The topological polar surface area (TPSA) is 112 Å². The molecule has 3 fully saturated rings. The zero-order valence-corrected chi connectivity index (χ0v) is 20.6. The molecule has 204 valence electrons. The number of rotatable bonds is 7. The lowest BCUT2D eigenvalue weighted by atomic mass is 10.00. The lowest BCUT2D eigenvalue weighted by Gasteiger charge is -2.39. The Bertz CT molecular complexity index is 1330. The predicted molar refractivity (Wildman–Crippen MR) is 128 cm³/mol. The number of aromatic nitrogens is 5. The van der Waals surface area contributed by atoms with Crippen molar-refractivity contribution in [2.45, 2.75) is 69.1 Å². The minimum absolute atomic E-state index is 0.0382. The minimum Gasteiger partial charge on any atom is -0.443 e. The molecular weight excluding hydrogens is 508 g/mol. The molecule has 1 saturated heterocycles. The highest BCUT2D eigenvalue weighted by Gasteiger charge is 2.47. The highest BCUT2D eigenvalue weighted by atomic mass is 19.4. The summed E-state index contributed by atoms with van der Waals surface area (Å²) in [5.41, 5.74) is 1.56. The predicted octanol–water partition coefficient (Wildman–Crippen LogP) is 4.05. The monoisotopic (exact) mass is 536 g/mol. The van der Waals surface area contributed by atoms with Gasteiger partial charge >= 0.3 is 12.3 Å². The number of hydrogen-bond donors (Lipinski definition) is 3. The molecule has 3 atom stereocenters. The molecule has 0 spiro atoms. The van der Waals surface area contributed by atoms with Crippen LogP contribution < -0.4 is 10.6 Å². The Morgan fingerprint density at radius 2 is 2.08 bits per heavy atom. The molecule has 0 radical (unpaired) electrons. The van der Waals surface area contributed by atoms with Crippen molar-refractivity contribution in [3.05, 3.63) is 35.9 Å². The van der Waals surface area contributed by atoms with Gasteiger partial charge in [-0.25, -0.2) is 19.2 Å². The van der Waals surface area contributed by atoms with Crippen LogP contribution in [0.2, 0.25) is 0 Å². The van der Waals surface area contributed by atoms with Crippen molar-refractivity contribution in [3.8, 4) is 0 Å². The standard InChI is InChI=1S/C24H28F4N8O2/c1-23(5-6-23)32-22(37)38-17-3-2-15(20(17)25)16-8-18(34-33-16)31-21-29-7-4-19-30-14(12-36(19)21)11-35-9-13(10-35)24(26,27)28/h4,7-8,12-13,15,17,20H,2-3,5-6,9-11H2,1H3,(H,32,37)(H2,29,31,33,34)/t15-,17-,20+/m1/s1. The number of amides is 1. The zero-order valence-electron chi connectivity index (χ0n) is 20.6. The summed E-state index contributed by atoms with van der Waals surface area (Å²) in [5.74, 6) is -0.956. The van der Waals surface area contributed by atoms with Crippen molar-refractivity contribution in [1.29, 1.82) is 0 Å². The van der Waals surface area contributed by atoms with Crippen molar-refractivity contribution in [3.63, 3.8) is 0 Å². The van der Waals surface area contributed by atoms with Crippen molar-refractivity contribution in [2.24, 2.45) is 5.92 Å². The van der Waals surface area contributed by atoms with Crippen molar-refractivity contribution in [2.75, 3.05) is 18.4 Å². The Kier molecular flexibility index (Phi) is 5.96. The van der Waals surface area contributed by atoms with Crippen molar-refractivity contribution < 1.29 is 27.1 Å². The Morgan fingerprint density at radius 1 is 1.29 bits per heavy atom. The Balaban J connectivity index is 1.08. The van der Waals surface area contributed by atoms with Crippen LogP contribution in [-0.4, -0.2) is 72.6 Å². The van der Waals surface area contributed by atoms with Crippen LogP contribution in [0.3, 0.4) is 0 Å². The molecule has 3 aromatic heterocycles. The van der Waals surface area contributed by atoms with Gasteiger partial charge < -0.3 is 15.4 Å². The quantitative estimate of drug-likeness (QED) is 0.391. The molecule has 3 aliphatic rings. The minimum atomic E-state index is -4.17. The molecule has 1 amide bonds. The van der Waals surface area contributed by atoms with Crippen LogP contribution in [0.1, 0.15) is 49.9 Å². The summed E-state index contributed by atoms with van der Waals surface area (Å²) in [5, 5.41) is 13.0. The number of nitrogens with one attached hydrogen (secondary N) is 3. The normalized spacial score (nSPS) is 25.3. The first-order valence-corrected chi connectivity index (χ1v) is 12.6. The van der Waals surface area contributed by atoms with Gasteiger partial charge in [0.05, 0.1) is 11.6 Å². The van der Waals surface area contributed by atoms with E-state index in [1.807, 2.05) is 6.92 Å². The maximum atomic E-state index is 15.2. The van der Waals surface area contributed by atoms with Gasteiger partial charge in [-0.1, -0.05) is 0 Å². The fourth-order valence-corrected chi connectivity index (χ4v) is 5.08. The van der Waals surface area contributed by atoms with E-state index in [1.165, 1.54) is 0 Å². The molecule has 0 bridgehead atoms. The summed E-state index contributed by atoms with van der Waals surface area (Å²) in [4.78, 5) is 22.6. The highest BCUT2D eigenvalue weighted by molar-refractivity contribution is 5.69.